The summed E-state index contributed by atoms with van der Waals surface area (Å²) < 4.78 is 0. The molecule has 0 saturated heterocycles. The highest BCUT2D eigenvalue weighted by Crippen LogP contribution is 2.43. The lowest BCUT2D eigenvalue weighted by atomic mass is 9.67. The number of rotatable bonds is 5. The van der Waals surface area contributed by atoms with E-state index in [4.69, 9.17) is 0 Å². The van der Waals surface area contributed by atoms with Crippen LogP contribution in [-0.2, 0) is 19.5 Å². The summed E-state index contributed by atoms with van der Waals surface area (Å²) in [5.41, 5.74) is 5.09. The van der Waals surface area contributed by atoms with Crippen molar-refractivity contribution in [3.63, 3.8) is 0 Å². The molecular formula is C17H26N2. The fourth-order valence-corrected chi connectivity index (χ4v) is 3.45. The van der Waals surface area contributed by atoms with Crippen molar-refractivity contribution in [1.82, 2.24) is 10.6 Å². The van der Waals surface area contributed by atoms with Crippen molar-refractivity contribution in [3.8, 4) is 0 Å². The Morgan fingerprint density at radius 1 is 1.26 bits per heavy atom. The summed E-state index contributed by atoms with van der Waals surface area (Å²) in [7, 11) is 0. The van der Waals surface area contributed by atoms with Crippen LogP contribution in [-0.4, -0.2) is 13.1 Å². The van der Waals surface area contributed by atoms with E-state index >= 15 is 0 Å². The molecule has 1 fully saturated rings. The highest BCUT2D eigenvalue weighted by molar-refractivity contribution is 5.33. The molecule has 3 rings (SSSR count). The van der Waals surface area contributed by atoms with Crippen molar-refractivity contribution in [2.75, 3.05) is 13.1 Å². The first kappa shape index (κ1) is 13.1. The summed E-state index contributed by atoms with van der Waals surface area (Å²) in [6, 6.07) is 7.01. The molecule has 0 spiro atoms. The monoisotopic (exact) mass is 258 g/mol. The molecule has 0 aromatic heterocycles. The van der Waals surface area contributed by atoms with E-state index in [0.29, 0.717) is 5.41 Å². The lowest BCUT2D eigenvalue weighted by Crippen LogP contribution is -2.39. The van der Waals surface area contributed by atoms with E-state index in [1.165, 1.54) is 55.3 Å². The Bertz CT molecular complexity index is 429. The zero-order chi connectivity index (χ0) is 13.1. The Balaban J connectivity index is 1.55. The van der Waals surface area contributed by atoms with Crippen LogP contribution in [0.25, 0.3) is 0 Å². The summed E-state index contributed by atoms with van der Waals surface area (Å²) in [5.74, 6) is 0. The van der Waals surface area contributed by atoms with Crippen molar-refractivity contribution >= 4 is 0 Å². The SMILES string of the molecule is CCC1(CNCc2ccc3c(c2)CNCC3)CCC1. The van der Waals surface area contributed by atoms with Gasteiger partial charge in [0, 0.05) is 19.6 Å². The van der Waals surface area contributed by atoms with Crippen LogP contribution in [0.1, 0.15) is 49.3 Å². The summed E-state index contributed by atoms with van der Waals surface area (Å²) in [6.45, 7) is 6.73. The van der Waals surface area contributed by atoms with E-state index in [9.17, 15) is 0 Å². The van der Waals surface area contributed by atoms with E-state index in [1.807, 2.05) is 0 Å². The summed E-state index contributed by atoms with van der Waals surface area (Å²) in [5, 5.41) is 7.14. The lowest BCUT2D eigenvalue weighted by Gasteiger charge is -2.41. The molecule has 0 unspecified atom stereocenters. The predicted molar refractivity (Wildman–Crippen MR) is 80.1 cm³/mol. The maximum Gasteiger partial charge on any atom is 0.0208 e. The standard InChI is InChI=1S/C17H26N2/c1-2-17(7-3-8-17)13-19-11-14-4-5-15-6-9-18-12-16(15)10-14/h4-5,10,18-19H,2-3,6-9,11-13H2,1H3. The zero-order valence-corrected chi connectivity index (χ0v) is 12.1. The van der Waals surface area contributed by atoms with E-state index < -0.39 is 0 Å². The van der Waals surface area contributed by atoms with Gasteiger partial charge >= 0.3 is 0 Å². The van der Waals surface area contributed by atoms with E-state index in [1.54, 1.807) is 0 Å². The van der Waals surface area contributed by atoms with Crippen LogP contribution in [0.4, 0.5) is 0 Å². The van der Waals surface area contributed by atoms with E-state index in [0.717, 1.165) is 19.6 Å². The van der Waals surface area contributed by atoms with Crippen LogP contribution >= 0.6 is 0 Å². The van der Waals surface area contributed by atoms with Crippen LogP contribution in [0.2, 0.25) is 0 Å². The van der Waals surface area contributed by atoms with Crippen LogP contribution in [0.5, 0.6) is 0 Å². The summed E-state index contributed by atoms with van der Waals surface area (Å²) in [4.78, 5) is 0. The summed E-state index contributed by atoms with van der Waals surface area (Å²) >= 11 is 0. The average molecular weight is 258 g/mol. The Morgan fingerprint density at radius 2 is 2.16 bits per heavy atom. The third kappa shape index (κ3) is 2.85. The highest BCUT2D eigenvalue weighted by atomic mass is 14.9. The molecule has 0 bridgehead atoms. The zero-order valence-electron chi connectivity index (χ0n) is 12.1. The second-order valence-electron chi connectivity index (χ2n) is 6.34. The third-order valence-corrected chi connectivity index (χ3v) is 5.15. The van der Waals surface area contributed by atoms with Gasteiger partial charge in [0.1, 0.15) is 0 Å². The fourth-order valence-electron chi connectivity index (χ4n) is 3.45. The molecule has 2 nitrogen and oxygen atoms in total. The Morgan fingerprint density at radius 3 is 2.89 bits per heavy atom. The number of fused-ring (bicyclic) bond motifs is 1. The normalized spacial score (nSPS) is 20.7. The van der Waals surface area contributed by atoms with Crippen molar-refractivity contribution in [3.05, 3.63) is 34.9 Å². The van der Waals surface area contributed by atoms with Gasteiger partial charge in [0.25, 0.3) is 0 Å². The molecule has 2 N–H and O–H groups in total. The van der Waals surface area contributed by atoms with Gasteiger partial charge in [0.15, 0.2) is 0 Å². The van der Waals surface area contributed by atoms with Gasteiger partial charge in [-0.15, -0.1) is 0 Å². The molecule has 0 amide bonds. The first-order valence-electron chi connectivity index (χ1n) is 7.83. The van der Waals surface area contributed by atoms with Gasteiger partial charge < -0.3 is 10.6 Å². The Labute approximate surface area is 117 Å². The molecular weight excluding hydrogens is 232 g/mol. The quantitative estimate of drug-likeness (QED) is 0.848. The minimum Gasteiger partial charge on any atom is -0.312 e. The predicted octanol–water partition coefficient (Wildman–Crippen LogP) is 3.00. The maximum absolute atomic E-state index is 3.68. The first-order valence-corrected chi connectivity index (χ1v) is 7.83. The van der Waals surface area contributed by atoms with Crippen LogP contribution in [0.3, 0.4) is 0 Å². The summed E-state index contributed by atoms with van der Waals surface area (Å²) in [6.07, 6.45) is 6.78. The largest absolute Gasteiger partial charge is 0.312 e. The molecule has 2 aliphatic rings. The number of hydrogen-bond donors (Lipinski definition) is 2. The van der Waals surface area contributed by atoms with Gasteiger partial charge in [-0.2, -0.15) is 0 Å². The minimum absolute atomic E-state index is 0.621. The molecule has 1 aromatic carbocycles. The number of nitrogens with one attached hydrogen (secondary N) is 2. The van der Waals surface area contributed by atoms with Crippen LogP contribution in [0.15, 0.2) is 18.2 Å². The highest BCUT2D eigenvalue weighted by Gasteiger charge is 2.34. The van der Waals surface area contributed by atoms with Crippen molar-refractivity contribution in [1.29, 1.82) is 0 Å². The molecule has 1 aliphatic carbocycles. The molecule has 0 atom stereocenters. The molecule has 19 heavy (non-hydrogen) atoms. The van der Waals surface area contributed by atoms with Gasteiger partial charge in [-0.3, -0.25) is 0 Å². The lowest BCUT2D eigenvalue weighted by molar-refractivity contribution is 0.124. The second-order valence-corrected chi connectivity index (χ2v) is 6.34. The van der Waals surface area contributed by atoms with E-state index in [2.05, 4.69) is 35.8 Å². The van der Waals surface area contributed by atoms with E-state index in [-0.39, 0.29) is 0 Å². The molecule has 104 valence electrons. The molecule has 1 saturated carbocycles. The molecule has 0 radical (unpaired) electrons. The maximum atomic E-state index is 3.68. The van der Waals surface area contributed by atoms with Crippen LogP contribution in [0, 0.1) is 5.41 Å². The third-order valence-electron chi connectivity index (χ3n) is 5.15. The smallest absolute Gasteiger partial charge is 0.0208 e. The number of benzene rings is 1. The van der Waals surface area contributed by atoms with Gasteiger partial charge in [-0.05, 0) is 54.3 Å². The van der Waals surface area contributed by atoms with Crippen LogP contribution < -0.4 is 10.6 Å². The second kappa shape index (κ2) is 5.64. The molecule has 1 heterocycles. The van der Waals surface area contributed by atoms with Gasteiger partial charge in [-0.1, -0.05) is 31.5 Å². The first-order chi connectivity index (χ1) is 9.31. The van der Waals surface area contributed by atoms with Crippen molar-refractivity contribution in [2.24, 2.45) is 5.41 Å². The van der Waals surface area contributed by atoms with Crippen molar-refractivity contribution < 1.29 is 0 Å². The molecule has 1 aromatic rings. The fraction of sp³-hybridized carbons (Fsp3) is 0.647. The Hall–Kier alpha value is -0.860. The average Bonchev–Trinajstić information content (AvgIpc) is 2.42. The number of hydrogen-bond acceptors (Lipinski definition) is 2. The Kier molecular flexibility index (Phi) is 3.90. The van der Waals surface area contributed by atoms with Gasteiger partial charge in [0.2, 0.25) is 0 Å². The topological polar surface area (TPSA) is 24.1 Å². The van der Waals surface area contributed by atoms with Gasteiger partial charge in [-0.25, -0.2) is 0 Å². The minimum atomic E-state index is 0.621. The molecule has 2 heteroatoms. The molecule has 1 aliphatic heterocycles. The van der Waals surface area contributed by atoms with Crippen molar-refractivity contribution in [2.45, 2.75) is 52.1 Å². The van der Waals surface area contributed by atoms with Gasteiger partial charge in [0.05, 0.1) is 0 Å².